The Kier molecular flexibility index (Phi) is 5.70. The van der Waals surface area contributed by atoms with Crippen molar-refractivity contribution in [1.29, 1.82) is 0 Å². The Morgan fingerprint density at radius 1 is 1.16 bits per heavy atom. The highest BCUT2D eigenvalue weighted by Crippen LogP contribution is 2.35. The van der Waals surface area contributed by atoms with E-state index >= 15 is 0 Å². The first kappa shape index (κ1) is 15.3. The first-order valence-corrected chi connectivity index (χ1v) is 8.66. The number of nitrogens with one attached hydrogen (secondary N) is 1. The average Bonchev–Trinajstić information content (AvgIpc) is 2.89. The van der Waals surface area contributed by atoms with Crippen molar-refractivity contribution in [2.24, 2.45) is 11.8 Å². The van der Waals surface area contributed by atoms with E-state index in [0.29, 0.717) is 0 Å². The van der Waals surface area contributed by atoms with Crippen molar-refractivity contribution < 1.29 is 0 Å². The predicted molar refractivity (Wildman–Crippen MR) is 83.5 cm³/mol. The lowest BCUT2D eigenvalue weighted by Gasteiger charge is -2.44. The van der Waals surface area contributed by atoms with E-state index in [9.17, 15) is 0 Å². The van der Waals surface area contributed by atoms with Gasteiger partial charge in [-0.3, -0.25) is 4.90 Å². The zero-order chi connectivity index (χ0) is 13.8. The molecule has 2 rings (SSSR count). The fourth-order valence-electron chi connectivity index (χ4n) is 4.41. The van der Waals surface area contributed by atoms with Crippen LogP contribution in [0.4, 0.5) is 0 Å². The largest absolute Gasteiger partial charge is 0.313 e. The molecule has 0 spiro atoms. The minimum atomic E-state index is 0.743. The smallest absolute Gasteiger partial charge is 0.0255 e. The van der Waals surface area contributed by atoms with Gasteiger partial charge in [0.1, 0.15) is 0 Å². The normalized spacial score (nSPS) is 37.1. The fraction of sp³-hybridized carbons (Fsp3) is 1.00. The highest BCUT2D eigenvalue weighted by molar-refractivity contribution is 4.96. The number of hydrogen-bond acceptors (Lipinski definition) is 2. The van der Waals surface area contributed by atoms with Crippen molar-refractivity contribution in [1.82, 2.24) is 10.2 Å². The van der Waals surface area contributed by atoms with Crippen LogP contribution in [0.1, 0.15) is 66.2 Å². The molecule has 1 heterocycles. The molecule has 1 aliphatic heterocycles. The number of likely N-dealkylation sites (tertiary alicyclic amines) is 1. The van der Waals surface area contributed by atoms with E-state index in [-0.39, 0.29) is 0 Å². The van der Waals surface area contributed by atoms with E-state index in [4.69, 9.17) is 0 Å². The highest BCUT2D eigenvalue weighted by atomic mass is 15.2. The molecular weight excluding hydrogens is 232 g/mol. The molecular formula is C17H34N2. The molecule has 19 heavy (non-hydrogen) atoms. The topological polar surface area (TPSA) is 15.3 Å². The van der Waals surface area contributed by atoms with Gasteiger partial charge in [-0.25, -0.2) is 0 Å². The Labute approximate surface area is 120 Å². The van der Waals surface area contributed by atoms with Gasteiger partial charge in [0.15, 0.2) is 0 Å². The molecule has 0 aromatic rings. The molecule has 1 saturated heterocycles. The molecule has 0 bridgehead atoms. The first-order valence-electron chi connectivity index (χ1n) is 8.66. The Morgan fingerprint density at radius 2 is 1.95 bits per heavy atom. The lowest BCUT2D eigenvalue weighted by molar-refractivity contribution is 0.0693. The summed E-state index contributed by atoms with van der Waals surface area (Å²) in [5.41, 5.74) is 0. The zero-order valence-corrected chi connectivity index (χ0v) is 13.5. The van der Waals surface area contributed by atoms with Crippen molar-refractivity contribution in [3.63, 3.8) is 0 Å². The standard InChI is InChI=1S/C17H34N2/c1-5-14-9-10-15(18-6-2)17(12-14)19-11-7-8-16(19)13(3)4/h13-18H,5-12H2,1-4H3. The minimum Gasteiger partial charge on any atom is -0.313 e. The summed E-state index contributed by atoms with van der Waals surface area (Å²) in [4.78, 5) is 2.87. The summed E-state index contributed by atoms with van der Waals surface area (Å²) < 4.78 is 0. The molecule has 0 aromatic carbocycles. The number of likely N-dealkylation sites (N-methyl/N-ethyl adjacent to an activating group) is 1. The van der Waals surface area contributed by atoms with Gasteiger partial charge in [-0.2, -0.15) is 0 Å². The van der Waals surface area contributed by atoms with Crippen molar-refractivity contribution in [3.05, 3.63) is 0 Å². The van der Waals surface area contributed by atoms with Gasteiger partial charge < -0.3 is 5.32 Å². The van der Waals surface area contributed by atoms with Crippen LogP contribution in [-0.4, -0.2) is 36.1 Å². The molecule has 1 saturated carbocycles. The third-order valence-electron chi connectivity index (χ3n) is 5.51. The molecule has 2 heteroatoms. The first-order chi connectivity index (χ1) is 9.17. The lowest BCUT2D eigenvalue weighted by atomic mass is 9.79. The SMILES string of the molecule is CCNC1CCC(CC)CC1N1CCCC1C(C)C. The average molecular weight is 266 g/mol. The predicted octanol–water partition coefficient (Wildman–Crippen LogP) is 3.66. The van der Waals surface area contributed by atoms with Crippen molar-refractivity contribution >= 4 is 0 Å². The summed E-state index contributed by atoms with van der Waals surface area (Å²) in [6.07, 6.45) is 8.45. The third-order valence-corrected chi connectivity index (χ3v) is 5.51. The fourth-order valence-corrected chi connectivity index (χ4v) is 4.41. The Balaban J connectivity index is 2.07. The molecule has 4 unspecified atom stereocenters. The number of rotatable bonds is 5. The molecule has 0 amide bonds. The molecule has 1 N–H and O–H groups in total. The molecule has 1 aliphatic carbocycles. The lowest BCUT2D eigenvalue weighted by Crippen LogP contribution is -2.55. The molecule has 0 radical (unpaired) electrons. The molecule has 2 aliphatic rings. The Morgan fingerprint density at radius 3 is 2.58 bits per heavy atom. The van der Waals surface area contributed by atoms with Gasteiger partial charge in [-0.1, -0.05) is 34.1 Å². The maximum atomic E-state index is 3.77. The second kappa shape index (κ2) is 7.08. The van der Waals surface area contributed by atoms with Crippen LogP contribution in [-0.2, 0) is 0 Å². The van der Waals surface area contributed by atoms with Crippen LogP contribution in [0, 0.1) is 11.8 Å². The van der Waals surface area contributed by atoms with Crippen LogP contribution in [0.3, 0.4) is 0 Å². The quantitative estimate of drug-likeness (QED) is 0.817. The summed E-state index contributed by atoms with van der Waals surface area (Å²) in [5, 5.41) is 3.77. The van der Waals surface area contributed by atoms with Crippen molar-refractivity contribution in [2.45, 2.75) is 84.3 Å². The third kappa shape index (κ3) is 3.52. The summed E-state index contributed by atoms with van der Waals surface area (Å²) in [5.74, 6) is 1.78. The summed E-state index contributed by atoms with van der Waals surface area (Å²) in [6.45, 7) is 11.9. The molecule has 112 valence electrons. The van der Waals surface area contributed by atoms with Crippen LogP contribution in [0.15, 0.2) is 0 Å². The maximum absolute atomic E-state index is 3.77. The van der Waals surface area contributed by atoms with Crippen molar-refractivity contribution in [2.75, 3.05) is 13.1 Å². The van der Waals surface area contributed by atoms with E-state index in [1.807, 2.05) is 0 Å². The second-order valence-corrected chi connectivity index (χ2v) is 7.01. The highest BCUT2D eigenvalue weighted by Gasteiger charge is 2.39. The Bertz CT molecular complexity index is 264. The van der Waals surface area contributed by atoms with Gasteiger partial charge in [0, 0.05) is 18.1 Å². The van der Waals surface area contributed by atoms with Gasteiger partial charge in [0.25, 0.3) is 0 Å². The van der Waals surface area contributed by atoms with Crippen molar-refractivity contribution in [3.8, 4) is 0 Å². The van der Waals surface area contributed by atoms with Crippen LogP contribution < -0.4 is 5.32 Å². The Hall–Kier alpha value is -0.0800. The minimum absolute atomic E-state index is 0.743. The van der Waals surface area contributed by atoms with Crippen LogP contribution in [0.2, 0.25) is 0 Å². The molecule has 4 atom stereocenters. The summed E-state index contributed by atoms with van der Waals surface area (Å²) in [7, 11) is 0. The van der Waals surface area contributed by atoms with Crippen LogP contribution in [0.25, 0.3) is 0 Å². The second-order valence-electron chi connectivity index (χ2n) is 7.01. The maximum Gasteiger partial charge on any atom is 0.0255 e. The summed E-state index contributed by atoms with van der Waals surface area (Å²) >= 11 is 0. The zero-order valence-electron chi connectivity index (χ0n) is 13.5. The van der Waals surface area contributed by atoms with Gasteiger partial charge in [-0.15, -0.1) is 0 Å². The van der Waals surface area contributed by atoms with Gasteiger partial charge in [0.05, 0.1) is 0 Å². The summed E-state index contributed by atoms with van der Waals surface area (Å²) in [6, 6.07) is 2.38. The van der Waals surface area contributed by atoms with Crippen LogP contribution >= 0.6 is 0 Å². The molecule has 0 aromatic heterocycles. The van der Waals surface area contributed by atoms with E-state index in [1.54, 1.807) is 0 Å². The van der Waals surface area contributed by atoms with Gasteiger partial charge in [-0.05, 0) is 57.0 Å². The number of nitrogens with zero attached hydrogens (tertiary/aromatic N) is 1. The van der Waals surface area contributed by atoms with E-state index < -0.39 is 0 Å². The monoisotopic (exact) mass is 266 g/mol. The molecule has 2 nitrogen and oxygen atoms in total. The van der Waals surface area contributed by atoms with E-state index in [2.05, 4.69) is 37.9 Å². The number of hydrogen-bond donors (Lipinski definition) is 1. The van der Waals surface area contributed by atoms with E-state index in [1.165, 1.54) is 45.1 Å². The van der Waals surface area contributed by atoms with Gasteiger partial charge in [0.2, 0.25) is 0 Å². The van der Waals surface area contributed by atoms with Crippen LogP contribution in [0.5, 0.6) is 0 Å². The van der Waals surface area contributed by atoms with E-state index in [0.717, 1.165) is 36.5 Å². The molecule has 2 fully saturated rings. The van der Waals surface area contributed by atoms with Gasteiger partial charge >= 0.3 is 0 Å².